The Labute approximate surface area is 128 Å². The first-order valence-electron chi connectivity index (χ1n) is 5.56. The summed E-state index contributed by atoms with van der Waals surface area (Å²) in [6.07, 6.45) is 0.874. The number of nitrogens with two attached hydrogens (primary N) is 1. The molecule has 2 rings (SSSR count). The van der Waals surface area contributed by atoms with Gasteiger partial charge in [0.15, 0.2) is 0 Å². The van der Waals surface area contributed by atoms with Gasteiger partial charge in [-0.25, -0.2) is 0 Å². The predicted molar refractivity (Wildman–Crippen MR) is 84.7 cm³/mol. The van der Waals surface area contributed by atoms with Gasteiger partial charge in [-0.1, -0.05) is 29.8 Å². The van der Waals surface area contributed by atoms with Crippen molar-refractivity contribution in [2.24, 2.45) is 5.84 Å². The molecule has 2 nitrogen and oxygen atoms in total. The molecular formula is C13H14Br2N2S. The van der Waals surface area contributed by atoms with Gasteiger partial charge < -0.3 is 0 Å². The minimum atomic E-state index is 0.115. The van der Waals surface area contributed by atoms with Gasteiger partial charge in [-0.2, -0.15) is 0 Å². The van der Waals surface area contributed by atoms with Crippen molar-refractivity contribution >= 4 is 43.2 Å². The molecule has 2 aromatic rings. The van der Waals surface area contributed by atoms with Crippen LogP contribution in [0.1, 0.15) is 22.7 Å². The zero-order valence-corrected chi connectivity index (χ0v) is 13.9. The third-order valence-corrected chi connectivity index (χ3v) is 5.21. The largest absolute Gasteiger partial charge is 0.271 e. The van der Waals surface area contributed by atoms with E-state index in [1.165, 1.54) is 16.7 Å². The van der Waals surface area contributed by atoms with Gasteiger partial charge >= 0.3 is 0 Å². The number of thiophene rings is 1. The van der Waals surface area contributed by atoms with Crippen molar-refractivity contribution in [3.05, 3.63) is 54.6 Å². The fourth-order valence-corrected chi connectivity index (χ4v) is 4.78. The fourth-order valence-electron chi connectivity index (χ4n) is 1.81. The third-order valence-electron chi connectivity index (χ3n) is 2.82. The van der Waals surface area contributed by atoms with E-state index < -0.39 is 0 Å². The molecule has 1 aromatic heterocycles. The molecule has 1 heterocycles. The Hall–Kier alpha value is -0.200. The summed E-state index contributed by atoms with van der Waals surface area (Å²) in [6, 6.07) is 10.8. The predicted octanol–water partition coefficient (Wildman–Crippen LogP) is 4.33. The highest BCUT2D eigenvalue weighted by molar-refractivity contribution is 9.12. The third kappa shape index (κ3) is 3.42. The van der Waals surface area contributed by atoms with Crippen molar-refractivity contribution in [3.8, 4) is 0 Å². The molecule has 18 heavy (non-hydrogen) atoms. The van der Waals surface area contributed by atoms with Gasteiger partial charge in [0.1, 0.15) is 0 Å². The van der Waals surface area contributed by atoms with Crippen LogP contribution in [-0.4, -0.2) is 0 Å². The molecule has 0 fully saturated rings. The smallest absolute Gasteiger partial charge is 0.0758 e. The lowest BCUT2D eigenvalue weighted by molar-refractivity contribution is 0.552. The maximum Gasteiger partial charge on any atom is 0.0758 e. The lowest BCUT2D eigenvalue weighted by Crippen LogP contribution is -2.29. The first-order chi connectivity index (χ1) is 8.60. The van der Waals surface area contributed by atoms with Crippen molar-refractivity contribution < 1.29 is 0 Å². The summed E-state index contributed by atoms with van der Waals surface area (Å²) < 4.78 is 2.22. The molecule has 1 aromatic carbocycles. The number of hydrazine groups is 1. The van der Waals surface area contributed by atoms with Crippen LogP contribution in [0.15, 0.2) is 37.9 Å². The number of benzene rings is 1. The molecule has 0 saturated heterocycles. The molecule has 0 amide bonds. The van der Waals surface area contributed by atoms with E-state index in [1.54, 1.807) is 11.3 Å². The summed E-state index contributed by atoms with van der Waals surface area (Å²) >= 11 is 8.74. The van der Waals surface area contributed by atoms with E-state index in [0.29, 0.717) is 0 Å². The van der Waals surface area contributed by atoms with Crippen molar-refractivity contribution in [2.45, 2.75) is 19.4 Å². The van der Waals surface area contributed by atoms with E-state index in [0.717, 1.165) is 14.0 Å². The van der Waals surface area contributed by atoms with Crippen molar-refractivity contribution in [3.63, 3.8) is 0 Å². The molecule has 0 spiro atoms. The fraction of sp³-hybridized carbons (Fsp3) is 0.231. The molecule has 0 bridgehead atoms. The van der Waals surface area contributed by atoms with Crippen LogP contribution >= 0.6 is 43.2 Å². The van der Waals surface area contributed by atoms with E-state index in [9.17, 15) is 0 Å². The lowest BCUT2D eigenvalue weighted by Gasteiger charge is -2.15. The molecule has 1 unspecified atom stereocenters. The number of aryl methyl sites for hydroxylation is 1. The van der Waals surface area contributed by atoms with Crippen LogP contribution in [0.25, 0.3) is 0 Å². The second kappa shape index (κ2) is 6.30. The molecule has 3 N–H and O–H groups in total. The normalized spacial score (nSPS) is 12.7. The molecule has 96 valence electrons. The van der Waals surface area contributed by atoms with Gasteiger partial charge in [-0.15, -0.1) is 11.3 Å². The van der Waals surface area contributed by atoms with E-state index in [4.69, 9.17) is 5.84 Å². The number of halogens is 2. The van der Waals surface area contributed by atoms with Crippen LogP contribution in [0.3, 0.4) is 0 Å². The van der Waals surface area contributed by atoms with Crippen LogP contribution in [0.4, 0.5) is 0 Å². The second-order valence-corrected chi connectivity index (χ2v) is 7.94. The van der Waals surface area contributed by atoms with E-state index in [2.05, 4.69) is 74.5 Å². The van der Waals surface area contributed by atoms with Crippen molar-refractivity contribution in [1.29, 1.82) is 0 Å². The number of rotatable bonds is 4. The first-order valence-corrected chi connectivity index (χ1v) is 7.97. The lowest BCUT2D eigenvalue weighted by atomic mass is 10.0. The highest BCUT2D eigenvalue weighted by atomic mass is 79.9. The first kappa shape index (κ1) is 14.2. The highest BCUT2D eigenvalue weighted by Gasteiger charge is 2.16. The summed E-state index contributed by atoms with van der Waals surface area (Å²) in [7, 11) is 0. The molecule has 1 atom stereocenters. The van der Waals surface area contributed by atoms with Crippen LogP contribution in [0.5, 0.6) is 0 Å². The van der Waals surface area contributed by atoms with Crippen LogP contribution < -0.4 is 11.3 Å². The summed E-state index contributed by atoms with van der Waals surface area (Å²) in [4.78, 5) is 0. The Balaban J connectivity index is 2.19. The molecular weight excluding hydrogens is 376 g/mol. The maximum absolute atomic E-state index is 5.68. The SMILES string of the molecule is Cc1ccc(CC(NN)c2cc(Br)sc2Br)cc1. The second-order valence-electron chi connectivity index (χ2n) is 4.19. The maximum atomic E-state index is 5.68. The van der Waals surface area contributed by atoms with E-state index >= 15 is 0 Å². The van der Waals surface area contributed by atoms with E-state index in [-0.39, 0.29) is 6.04 Å². The zero-order chi connectivity index (χ0) is 13.1. The van der Waals surface area contributed by atoms with Crippen molar-refractivity contribution in [2.75, 3.05) is 0 Å². The summed E-state index contributed by atoms with van der Waals surface area (Å²) in [5.74, 6) is 5.68. The summed E-state index contributed by atoms with van der Waals surface area (Å²) in [5.41, 5.74) is 6.63. The molecule has 5 heteroatoms. The summed E-state index contributed by atoms with van der Waals surface area (Å²) in [6.45, 7) is 2.09. The monoisotopic (exact) mass is 388 g/mol. The van der Waals surface area contributed by atoms with E-state index in [1.807, 2.05) is 0 Å². The number of hydrogen-bond acceptors (Lipinski definition) is 3. The molecule has 0 aliphatic carbocycles. The van der Waals surface area contributed by atoms with Gasteiger partial charge in [0.2, 0.25) is 0 Å². The Morgan fingerprint density at radius 3 is 2.44 bits per heavy atom. The molecule has 0 saturated carbocycles. The molecule has 0 aliphatic rings. The minimum Gasteiger partial charge on any atom is -0.271 e. The van der Waals surface area contributed by atoms with Crippen molar-refractivity contribution in [1.82, 2.24) is 5.43 Å². The van der Waals surface area contributed by atoms with Crippen LogP contribution in [0.2, 0.25) is 0 Å². The standard InChI is InChI=1S/C13H14Br2N2S/c1-8-2-4-9(5-3-8)6-11(17-16)10-7-12(14)18-13(10)15/h2-5,7,11,17H,6,16H2,1H3. The Morgan fingerprint density at radius 1 is 1.28 bits per heavy atom. The molecule has 0 aliphatic heterocycles. The minimum absolute atomic E-state index is 0.115. The zero-order valence-electron chi connectivity index (χ0n) is 9.91. The number of hydrogen-bond donors (Lipinski definition) is 2. The Bertz CT molecular complexity index is 522. The van der Waals surface area contributed by atoms with Gasteiger partial charge in [0.05, 0.1) is 13.6 Å². The van der Waals surface area contributed by atoms with Gasteiger partial charge in [0.25, 0.3) is 0 Å². The van der Waals surface area contributed by atoms with Crippen LogP contribution in [-0.2, 0) is 6.42 Å². The van der Waals surface area contributed by atoms with Gasteiger partial charge in [0, 0.05) is 0 Å². The average molecular weight is 390 g/mol. The summed E-state index contributed by atoms with van der Waals surface area (Å²) in [5, 5.41) is 0. The van der Waals surface area contributed by atoms with Crippen LogP contribution in [0, 0.1) is 6.92 Å². The quantitative estimate of drug-likeness (QED) is 0.603. The number of nitrogens with one attached hydrogen (secondary N) is 1. The average Bonchev–Trinajstić information content (AvgIpc) is 2.68. The highest BCUT2D eigenvalue weighted by Crippen LogP contribution is 2.36. The Morgan fingerprint density at radius 2 is 1.94 bits per heavy atom. The topological polar surface area (TPSA) is 38.0 Å². The van der Waals surface area contributed by atoms with Gasteiger partial charge in [-0.3, -0.25) is 11.3 Å². The van der Waals surface area contributed by atoms with Gasteiger partial charge in [-0.05, 0) is 62.4 Å². The molecule has 0 radical (unpaired) electrons. The Kier molecular flexibility index (Phi) is 4.98.